The molecule has 0 aliphatic carbocycles. The van der Waals surface area contributed by atoms with Gasteiger partial charge in [0.15, 0.2) is 5.03 Å². The van der Waals surface area contributed by atoms with Gasteiger partial charge >= 0.3 is 16.5 Å². The first kappa shape index (κ1) is 10.9. The highest BCUT2D eigenvalue weighted by atomic mass is 32.2. The van der Waals surface area contributed by atoms with Crippen LogP contribution >= 0.6 is 0 Å². The van der Waals surface area contributed by atoms with Gasteiger partial charge in [-0.25, -0.2) is 4.98 Å². The first-order valence-electron chi connectivity index (χ1n) is 3.25. The third-order valence-corrected chi connectivity index (χ3v) is 2.26. The Bertz CT molecular complexity index is 400. The fraction of sp³-hybridized carbons (Fsp3) is 0.167. The molecule has 0 saturated heterocycles. The molecule has 0 N–H and O–H groups in total. The van der Waals surface area contributed by atoms with Gasteiger partial charge in [0.1, 0.15) is 0 Å². The second kappa shape index (κ2) is 3.54. The van der Waals surface area contributed by atoms with Crippen molar-refractivity contribution in [2.45, 2.75) is 11.4 Å². The highest BCUT2D eigenvalue weighted by Crippen LogP contribution is 2.22. The molecule has 0 radical (unpaired) electrons. The van der Waals surface area contributed by atoms with Crippen LogP contribution < -0.4 is 0 Å². The van der Waals surface area contributed by atoms with Crippen LogP contribution in [0.3, 0.4) is 0 Å². The largest absolute Gasteiger partial charge is 0.537 e. The minimum Gasteiger partial charge on any atom is -0.243 e. The average Bonchev–Trinajstić information content (AvgIpc) is 2.01. The summed E-state index contributed by atoms with van der Waals surface area (Å²) < 4.78 is 59.4. The Hall–Kier alpha value is -1.15. The van der Waals surface area contributed by atoms with Gasteiger partial charge in [-0.1, -0.05) is 6.07 Å². The summed E-state index contributed by atoms with van der Waals surface area (Å²) in [5.74, 6) is 0. The number of aromatic nitrogens is 1. The molecule has 78 valence electrons. The van der Waals surface area contributed by atoms with Crippen molar-refractivity contribution in [1.29, 1.82) is 0 Å². The molecule has 8 heteroatoms. The maximum Gasteiger partial charge on any atom is 0.537 e. The SMILES string of the molecule is O=S(=O)(OC(F)(F)F)c1ccccn1. The minimum absolute atomic E-state index is 0.780. The zero-order chi connectivity index (χ0) is 10.8. The van der Waals surface area contributed by atoms with Gasteiger partial charge in [-0.05, 0) is 12.1 Å². The number of hydrogen-bond donors (Lipinski definition) is 0. The monoisotopic (exact) mass is 227 g/mol. The first-order chi connectivity index (χ1) is 6.31. The van der Waals surface area contributed by atoms with Crippen molar-refractivity contribution in [3.63, 3.8) is 0 Å². The quantitative estimate of drug-likeness (QED) is 0.714. The normalized spacial score (nSPS) is 12.8. The van der Waals surface area contributed by atoms with E-state index in [1.54, 1.807) is 0 Å². The Morgan fingerprint density at radius 3 is 2.36 bits per heavy atom. The van der Waals surface area contributed by atoms with Crippen molar-refractivity contribution in [3.8, 4) is 0 Å². The van der Waals surface area contributed by atoms with E-state index in [9.17, 15) is 21.6 Å². The summed E-state index contributed by atoms with van der Waals surface area (Å²) >= 11 is 0. The van der Waals surface area contributed by atoms with Crippen LogP contribution in [-0.2, 0) is 14.3 Å². The molecule has 0 atom stereocenters. The number of halogens is 3. The van der Waals surface area contributed by atoms with Crippen LogP contribution in [-0.4, -0.2) is 19.8 Å². The number of rotatable bonds is 2. The van der Waals surface area contributed by atoms with Crippen LogP contribution in [0, 0.1) is 0 Å². The number of hydrogen-bond acceptors (Lipinski definition) is 4. The highest BCUT2D eigenvalue weighted by molar-refractivity contribution is 7.86. The van der Waals surface area contributed by atoms with E-state index in [0.717, 1.165) is 12.3 Å². The van der Waals surface area contributed by atoms with Gasteiger partial charge in [0, 0.05) is 6.20 Å². The van der Waals surface area contributed by atoms with Crippen LogP contribution in [0.15, 0.2) is 29.4 Å². The summed E-state index contributed by atoms with van der Waals surface area (Å²) in [6.45, 7) is 0. The molecule has 0 aliphatic heterocycles. The highest BCUT2D eigenvalue weighted by Gasteiger charge is 2.38. The topological polar surface area (TPSA) is 56.3 Å². The summed E-state index contributed by atoms with van der Waals surface area (Å²) in [7, 11) is -4.85. The molecule has 1 rings (SSSR count). The smallest absolute Gasteiger partial charge is 0.243 e. The van der Waals surface area contributed by atoms with E-state index in [2.05, 4.69) is 9.17 Å². The van der Waals surface area contributed by atoms with E-state index in [1.165, 1.54) is 12.1 Å². The third-order valence-electron chi connectivity index (χ3n) is 1.10. The van der Waals surface area contributed by atoms with E-state index in [0.29, 0.717) is 0 Å². The summed E-state index contributed by atoms with van der Waals surface area (Å²) in [5.41, 5.74) is 0. The standard InChI is InChI=1S/C6H4F3NO3S/c7-6(8,9)13-14(11,12)5-3-1-2-4-10-5/h1-4H. The third kappa shape index (κ3) is 2.96. The maximum absolute atomic E-state index is 11.6. The predicted molar refractivity (Wildman–Crippen MR) is 38.6 cm³/mol. The Morgan fingerprint density at radius 1 is 1.29 bits per heavy atom. The van der Waals surface area contributed by atoms with Crippen molar-refractivity contribution >= 4 is 10.1 Å². The van der Waals surface area contributed by atoms with Crippen LogP contribution in [0.5, 0.6) is 0 Å². The Balaban J connectivity index is 2.99. The summed E-state index contributed by atoms with van der Waals surface area (Å²) in [5, 5.41) is -0.780. The summed E-state index contributed by atoms with van der Waals surface area (Å²) in [4.78, 5) is 3.22. The van der Waals surface area contributed by atoms with Crippen LogP contribution in [0.25, 0.3) is 0 Å². The van der Waals surface area contributed by atoms with Gasteiger partial charge in [-0.2, -0.15) is 12.6 Å². The van der Waals surface area contributed by atoms with Crippen molar-refractivity contribution in [1.82, 2.24) is 4.98 Å². The Labute approximate surface area is 77.5 Å². The van der Waals surface area contributed by atoms with Crippen LogP contribution in [0.4, 0.5) is 13.2 Å². The van der Waals surface area contributed by atoms with Gasteiger partial charge in [-0.3, -0.25) is 0 Å². The average molecular weight is 227 g/mol. The molecule has 0 spiro atoms. The molecule has 1 aromatic heterocycles. The van der Waals surface area contributed by atoms with E-state index >= 15 is 0 Å². The maximum atomic E-state index is 11.6. The molecular formula is C6H4F3NO3S. The molecule has 0 bridgehead atoms. The predicted octanol–water partition coefficient (Wildman–Crippen LogP) is 1.31. The van der Waals surface area contributed by atoms with E-state index in [1.807, 2.05) is 0 Å². The molecule has 14 heavy (non-hydrogen) atoms. The second-order valence-electron chi connectivity index (χ2n) is 2.15. The Morgan fingerprint density at radius 2 is 1.93 bits per heavy atom. The molecule has 1 heterocycles. The molecule has 0 amide bonds. The van der Waals surface area contributed by atoms with Gasteiger partial charge in [-0.15, -0.1) is 13.2 Å². The number of pyridine rings is 1. The zero-order valence-electron chi connectivity index (χ0n) is 6.52. The molecular weight excluding hydrogens is 223 g/mol. The van der Waals surface area contributed by atoms with Crippen molar-refractivity contribution in [2.75, 3.05) is 0 Å². The van der Waals surface area contributed by atoms with Gasteiger partial charge in [0.2, 0.25) is 0 Å². The molecule has 0 saturated carbocycles. The van der Waals surface area contributed by atoms with E-state index in [4.69, 9.17) is 0 Å². The first-order valence-corrected chi connectivity index (χ1v) is 4.65. The molecule has 0 fully saturated rings. The molecule has 4 nitrogen and oxygen atoms in total. The van der Waals surface area contributed by atoms with Gasteiger partial charge in [0.05, 0.1) is 0 Å². The number of alkyl halides is 3. The zero-order valence-corrected chi connectivity index (χ0v) is 7.34. The van der Waals surface area contributed by atoms with Crippen LogP contribution in [0.2, 0.25) is 0 Å². The number of nitrogens with zero attached hydrogens (tertiary/aromatic N) is 1. The summed E-state index contributed by atoms with van der Waals surface area (Å²) in [6, 6.07) is 3.51. The lowest BCUT2D eigenvalue weighted by atomic mass is 10.5. The van der Waals surface area contributed by atoms with E-state index < -0.39 is 21.5 Å². The Kier molecular flexibility index (Phi) is 2.76. The minimum atomic E-state index is -5.24. The molecule has 1 aromatic rings. The van der Waals surface area contributed by atoms with Crippen molar-refractivity contribution in [3.05, 3.63) is 24.4 Å². The second-order valence-corrected chi connectivity index (χ2v) is 3.64. The lowest BCUT2D eigenvalue weighted by molar-refractivity contribution is -0.272. The van der Waals surface area contributed by atoms with Gasteiger partial charge in [0.25, 0.3) is 0 Å². The van der Waals surface area contributed by atoms with Crippen molar-refractivity contribution in [2.24, 2.45) is 0 Å². The lowest BCUT2D eigenvalue weighted by Crippen LogP contribution is -2.20. The fourth-order valence-electron chi connectivity index (χ4n) is 0.662. The fourth-order valence-corrected chi connectivity index (χ4v) is 1.43. The molecule has 0 unspecified atom stereocenters. The lowest BCUT2D eigenvalue weighted by Gasteiger charge is -2.06. The van der Waals surface area contributed by atoms with Gasteiger partial charge < -0.3 is 0 Å². The molecule has 0 aliphatic rings. The van der Waals surface area contributed by atoms with E-state index in [-0.39, 0.29) is 0 Å². The molecule has 0 aromatic carbocycles. The van der Waals surface area contributed by atoms with Crippen LogP contribution in [0.1, 0.15) is 0 Å². The van der Waals surface area contributed by atoms with Crippen molar-refractivity contribution < 1.29 is 25.8 Å². The summed E-state index contributed by atoms with van der Waals surface area (Å²) in [6.07, 6.45) is -4.19.